The topological polar surface area (TPSA) is 62.2 Å². The van der Waals surface area contributed by atoms with E-state index in [1.807, 2.05) is 30.3 Å². The molecule has 1 heterocycles. The van der Waals surface area contributed by atoms with Crippen LogP contribution in [0.5, 0.6) is 0 Å². The molecule has 20 heavy (non-hydrogen) atoms. The van der Waals surface area contributed by atoms with Gasteiger partial charge in [0.25, 0.3) is 5.91 Å². The summed E-state index contributed by atoms with van der Waals surface area (Å²) in [6, 6.07) is 13.2. The predicted molar refractivity (Wildman–Crippen MR) is 72.5 cm³/mol. The van der Waals surface area contributed by atoms with Gasteiger partial charge < -0.3 is 10.4 Å². The number of nitrogens with zero attached hydrogens (tertiary/aromatic N) is 1. The van der Waals surface area contributed by atoms with Gasteiger partial charge >= 0.3 is 0 Å². The van der Waals surface area contributed by atoms with E-state index < -0.39 is 18.0 Å². The third-order valence-electron chi connectivity index (χ3n) is 2.84. The van der Waals surface area contributed by atoms with Crippen LogP contribution in [-0.2, 0) is 0 Å². The lowest BCUT2D eigenvalue weighted by atomic mass is 10.1. The maximum Gasteiger partial charge on any atom is 0.269 e. The third kappa shape index (κ3) is 3.86. The average Bonchev–Trinajstić information content (AvgIpc) is 2.48. The van der Waals surface area contributed by atoms with E-state index in [2.05, 4.69) is 10.3 Å². The van der Waals surface area contributed by atoms with Gasteiger partial charge in [0.2, 0.25) is 5.95 Å². The molecule has 0 aliphatic rings. The van der Waals surface area contributed by atoms with E-state index in [1.165, 1.54) is 18.2 Å². The van der Waals surface area contributed by atoms with Crippen LogP contribution in [0.15, 0.2) is 48.5 Å². The van der Waals surface area contributed by atoms with Crippen molar-refractivity contribution in [3.05, 3.63) is 65.7 Å². The van der Waals surface area contributed by atoms with Crippen LogP contribution in [-0.4, -0.2) is 22.5 Å². The average molecular weight is 274 g/mol. The lowest BCUT2D eigenvalue weighted by Crippen LogP contribution is -2.26. The lowest BCUT2D eigenvalue weighted by molar-refractivity contribution is 0.0936. The van der Waals surface area contributed by atoms with Crippen LogP contribution >= 0.6 is 0 Å². The molecule has 0 spiro atoms. The number of hydrogen-bond donors (Lipinski definition) is 2. The van der Waals surface area contributed by atoms with Crippen LogP contribution in [0.1, 0.15) is 28.6 Å². The quantitative estimate of drug-likeness (QED) is 0.820. The van der Waals surface area contributed by atoms with Crippen LogP contribution < -0.4 is 5.32 Å². The summed E-state index contributed by atoms with van der Waals surface area (Å²) in [6.45, 7) is 0.285. The zero-order chi connectivity index (χ0) is 14.4. The number of benzene rings is 1. The molecule has 0 aliphatic heterocycles. The Balaban J connectivity index is 1.83. The molecule has 1 amide bonds. The van der Waals surface area contributed by atoms with Gasteiger partial charge in [-0.25, -0.2) is 4.98 Å². The third-order valence-corrected chi connectivity index (χ3v) is 2.84. The Labute approximate surface area is 116 Å². The van der Waals surface area contributed by atoms with Crippen LogP contribution in [0, 0.1) is 5.95 Å². The molecular formula is C15H15FN2O2. The van der Waals surface area contributed by atoms with Crippen LogP contribution in [0.25, 0.3) is 0 Å². The molecule has 0 fully saturated rings. The van der Waals surface area contributed by atoms with Gasteiger partial charge in [0.05, 0.1) is 6.10 Å². The number of rotatable bonds is 5. The van der Waals surface area contributed by atoms with Crippen LogP contribution in [0.2, 0.25) is 0 Å². The summed E-state index contributed by atoms with van der Waals surface area (Å²) in [5.41, 5.74) is 0.824. The number of halogens is 1. The van der Waals surface area contributed by atoms with E-state index >= 15 is 0 Å². The van der Waals surface area contributed by atoms with Crippen molar-refractivity contribution in [3.63, 3.8) is 0 Å². The molecule has 104 valence electrons. The first-order valence-corrected chi connectivity index (χ1v) is 6.30. The number of pyridine rings is 1. The highest BCUT2D eigenvalue weighted by atomic mass is 19.1. The van der Waals surface area contributed by atoms with Gasteiger partial charge in [0, 0.05) is 6.54 Å². The lowest BCUT2D eigenvalue weighted by Gasteiger charge is -2.11. The number of amides is 1. The standard InChI is InChI=1S/C15H15FN2O2/c16-14-8-4-7-12(18-14)15(20)17-10-9-13(19)11-5-2-1-3-6-11/h1-8,13,19H,9-10H2,(H,17,20). The van der Waals surface area contributed by atoms with E-state index in [-0.39, 0.29) is 12.2 Å². The molecule has 1 unspecified atom stereocenters. The summed E-state index contributed by atoms with van der Waals surface area (Å²) in [4.78, 5) is 15.2. The number of carbonyl (C=O) groups excluding carboxylic acids is 1. The minimum atomic E-state index is -0.693. The summed E-state index contributed by atoms with van der Waals surface area (Å²) >= 11 is 0. The Morgan fingerprint density at radius 1 is 1.20 bits per heavy atom. The molecule has 2 rings (SSSR count). The second kappa shape index (κ2) is 6.77. The number of aromatic nitrogens is 1. The molecule has 0 radical (unpaired) electrons. The summed E-state index contributed by atoms with van der Waals surface area (Å²) < 4.78 is 12.9. The Kier molecular flexibility index (Phi) is 4.79. The first kappa shape index (κ1) is 14.1. The van der Waals surface area contributed by atoms with E-state index in [1.54, 1.807) is 0 Å². The maximum absolute atomic E-state index is 12.9. The van der Waals surface area contributed by atoms with Crippen molar-refractivity contribution >= 4 is 5.91 Å². The van der Waals surface area contributed by atoms with Gasteiger partial charge in [-0.15, -0.1) is 0 Å². The van der Waals surface area contributed by atoms with Crippen molar-refractivity contribution in [2.75, 3.05) is 6.54 Å². The Hall–Kier alpha value is -2.27. The molecule has 2 N–H and O–H groups in total. The number of aliphatic hydroxyl groups is 1. The molecule has 0 aliphatic carbocycles. The van der Waals surface area contributed by atoms with E-state index in [9.17, 15) is 14.3 Å². The zero-order valence-corrected chi connectivity index (χ0v) is 10.8. The van der Waals surface area contributed by atoms with E-state index in [0.717, 1.165) is 5.56 Å². The fourth-order valence-electron chi connectivity index (χ4n) is 1.79. The highest BCUT2D eigenvalue weighted by Gasteiger charge is 2.10. The Bertz CT molecular complexity index is 575. The summed E-state index contributed by atoms with van der Waals surface area (Å²) in [5, 5.41) is 12.5. The normalized spacial score (nSPS) is 11.9. The highest BCUT2D eigenvalue weighted by molar-refractivity contribution is 5.92. The molecule has 1 atom stereocenters. The molecular weight excluding hydrogens is 259 g/mol. The van der Waals surface area contributed by atoms with Crippen molar-refractivity contribution < 1.29 is 14.3 Å². The van der Waals surface area contributed by atoms with Crippen molar-refractivity contribution in [1.29, 1.82) is 0 Å². The van der Waals surface area contributed by atoms with Crippen molar-refractivity contribution in [2.45, 2.75) is 12.5 Å². The summed E-state index contributed by atoms with van der Waals surface area (Å²) in [7, 11) is 0. The summed E-state index contributed by atoms with van der Waals surface area (Å²) in [6.07, 6.45) is -0.262. The van der Waals surface area contributed by atoms with Crippen molar-refractivity contribution in [3.8, 4) is 0 Å². The van der Waals surface area contributed by atoms with E-state index in [4.69, 9.17) is 0 Å². The molecule has 5 heteroatoms. The van der Waals surface area contributed by atoms with Gasteiger partial charge in [0.1, 0.15) is 5.69 Å². The Morgan fingerprint density at radius 3 is 2.65 bits per heavy atom. The van der Waals surface area contributed by atoms with Gasteiger partial charge in [0.15, 0.2) is 0 Å². The van der Waals surface area contributed by atoms with Gasteiger partial charge in [-0.05, 0) is 24.1 Å². The SMILES string of the molecule is O=C(NCCC(O)c1ccccc1)c1cccc(F)n1. The van der Waals surface area contributed by atoms with E-state index in [0.29, 0.717) is 6.42 Å². The van der Waals surface area contributed by atoms with Gasteiger partial charge in [-0.3, -0.25) is 4.79 Å². The minimum absolute atomic E-state index is 0.0270. The maximum atomic E-state index is 12.9. The molecule has 1 aromatic heterocycles. The van der Waals surface area contributed by atoms with Gasteiger partial charge in [-0.2, -0.15) is 4.39 Å². The van der Waals surface area contributed by atoms with Crippen LogP contribution in [0.3, 0.4) is 0 Å². The predicted octanol–water partition coefficient (Wildman–Crippen LogP) is 2.07. The second-order valence-electron chi connectivity index (χ2n) is 4.32. The monoisotopic (exact) mass is 274 g/mol. The smallest absolute Gasteiger partial charge is 0.269 e. The molecule has 0 saturated heterocycles. The van der Waals surface area contributed by atoms with Crippen molar-refractivity contribution in [2.24, 2.45) is 0 Å². The molecule has 0 bridgehead atoms. The number of aliphatic hydroxyl groups excluding tert-OH is 1. The molecule has 0 saturated carbocycles. The second-order valence-corrected chi connectivity index (χ2v) is 4.32. The molecule has 4 nitrogen and oxygen atoms in total. The van der Waals surface area contributed by atoms with Crippen molar-refractivity contribution in [1.82, 2.24) is 10.3 Å². The fourth-order valence-corrected chi connectivity index (χ4v) is 1.79. The first-order valence-electron chi connectivity index (χ1n) is 6.30. The Morgan fingerprint density at radius 2 is 1.95 bits per heavy atom. The minimum Gasteiger partial charge on any atom is -0.388 e. The summed E-state index contributed by atoms with van der Waals surface area (Å²) in [5.74, 6) is -1.15. The first-order chi connectivity index (χ1) is 9.66. The molecule has 2 aromatic rings. The zero-order valence-electron chi connectivity index (χ0n) is 10.8. The largest absolute Gasteiger partial charge is 0.388 e. The highest BCUT2D eigenvalue weighted by Crippen LogP contribution is 2.14. The molecule has 1 aromatic carbocycles. The van der Waals surface area contributed by atoms with Gasteiger partial charge in [-0.1, -0.05) is 36.4 Å². The number of hydrogen-bond acceptors (Lipinski definition) is 3. The number of carbonyl (C=O) groups is 1. The fraction of sp³-hybridized carbons (Fsp3) is 0.200. The number of nitrogens with one attached hydrogen (secondary N) is 1. The van der Waals surface area contributed by atoms with Crippen LogP contribution in [0.4, 0.5) is 4.39 Å².